The number of carbonyl (C=O) groups excluding carboxylic acids is 1. The molecule has 0 saturated carbocycles. The highest BCUT2D eigenvalue weighted by atomic mass is 16.7. The van der Waals surface area contributed by atoms with E-state index in [1.807, 2.05) is 0 Å². The fourth-order valence-corrected chi connectivity index (χ4v) is 2.02. The molecule has 0 saturated heterocycles. The topological polar surface area (TPSA) is 156 Å². The molecule has 0 amide bonds. The number of nitriles is 1. The summed E-state index contributed by atoms with van der Waals surface area (Å²) in [7, 11) is 4.50. The van der Waals surface area contributed by atoms with E-state index in [0.717, 1.165) is 22.8 Å². The van der Waals surface area contributed by atoms with Gasteiger partial charge in [0.2, 0.25) is 11.0 Å². The summed E-state index contributed by atoms with van der Waals surface area (Å²) in [5.41, 5.74) is 0.00544. The Bertz CT molecular complexity index is 997. The predicted molar refractivity (Wildman–Crippen MR) is 99.1 cm³/mol. The minimum atomic E-state index is -0.859. The molecular formula is C17H16N6O6. The SMILES string of the molecule is CNc1ccc(C(=O)Oc2cc(O/N=[N+](\[O-])N(C)C)c(C#N)cc2[N+](=O)[O-])cc1. The maximum atomic E-state index is 12.4. The molecule has 2 aromatic carbocycles. The monoisotopic (exact) mass is 400 g/mol. The summed E-state index contributed by atoms with van der Waals surface area (Å²) >= 11 is 0. The molecule has 0 atom stereocenters. The van der Waals surface area contributed by atoms with Crippen molar-refractivity contribution in [3.63, 3.8) is 0 Å². The van der Waals surface area contributed by atoms with Crippen LogP contribution in [0.2, 0.25) is 0 Å². The van der Waals surface area contributed by atoms with Crippen LogP contribution in [0.25, 0.3) is 0 Å². The zero-order chi connectivity index (χ0) is 21.6. The average Bonchev–Trinajstić information content (AvgIpc) is 2.71. The maximum Gasteiger partial charge on any atom is 0.343 e. The van der Waals surface area contributed by atoms with E-state index in [9.17, 15) is 25.4 Å². The minimum Gasteiger partial charge on any atom is -0.569 e. The Morgan fingerprint density at radius 1 is 1.21 bits per heavy atom. The first kappa shape index (κ1) is 20.9. The summed E-state index contributed by atoms with van der Waals surface area (Å²) in [5.74, 6) is -1.62. The fraction of sp³-hybridized carbons (Fsp3) is 0.176. The third-order valence-electron chi connectivity index (χ3n) is 3.54. The van der Waals surface area contributed by atoms with E-state index >= 15 is 0 Å². The van der Waals surface area contributed by atoms with Crippen molar-refractivity contribution < 1.29 is 24.3 Å². The van der Waals surface area contributed by atoms with Crippen LogP contribution in [0.4, 0.5) is 11.4 Å². The van der Waals surface area contributed by atoms with Gasteiger partial charge in [-0.1, -0.05) is 0 Å². The number of benzene rings is 2. The van der Waals surface area contributed by atoms with Crippen LogP contribution in [0.5, 0.6) is 11.5 Å². The molecule has 0 bridgehead atoms. The third kappa shape index (κ3) is 5.07. The lowest BCUT2D eigenvalue weighted by molar-refractivity contribution is -0.695. The van der Waals surface area contributed by atoms with E-state index in [1.54, 1.807) is 25.2 Å². The first-order valence-electron chi connectivity index (χ1n) is 8.01. The molecule has 0 aromatic heterocycles. The van der Waals surface area contributed by atoms with Gasteiger partial charge in [0.15, 0.2) is 5.75 Å². The van der Waals surface area contributed by atoms with Crippen molar-refractivity contribution in [2.75, 3.05) is 26.5 Å². The average molecular weight is 400 g/mol. The lowest BCUT2D eigenvalue weighted by Gasteiger charge is -2.09. The second-order valence-electron chi connectivity index (χ2n) is 5.67. The van der Waals surface area contributed by atoms with Gasteiger partial charge in [-0.15, -0.1) is 0 Å². The quantitative estimate of drug-likeness (QED) is 0.184. The number of hydrogen-bond donors (Lipinski definition) is 1. The summed E-state index contributed by atoms with van der Waals surface area (Å²) in [5, 5.41) is 39.1. The summed E-state index contributed by atoms with van der Waals surface area (Å²) in [4.78, 5) is 27.8. The highest BCUT2D eigenvalue weighted by Gasteiger charge is 2.24. The summed E-state index contributed by atoms with van der Waals surface area (Å²) in [6.45, 7) is 0. The first-order chi connectivity index (χ1) is 13.8. The van der Waals surface area contributed by atoms with Crippen LogP contribution < -0.4 is 14.9 Å². The lowest BCUT2D eigenvalue weighted by Crippen LogP contribution is -2.21. The molecular weight excluding hydrogens is 384 g/mol. The van der Waals surface area contributed by atoms with E-state index in [2.05, 4.69) is 10.6 Å². The molecule has 29 heavy (non-hydrogen) atoms. The van der Waals surface area contributed by atoms with Gasteiger partial charge in [-0.3, -0.25) is 10.1 Å². The Hall–Kier alpha value is -4.40. The Kier molecular flexibility index (Phi) is 6.49. The van der Waals surface area contributed by atoms with Crippen molar-refractivity contribution in [2.45, 2.75) is 0 Å². The van der Waals surface area contributed by atoms with Crippen LogP contribution >= 0.6 is 0 Å². The molecule has 150 valence electrons. The Labute approximate surface area is 164 Å². The standard InChI is InChI=1S/C17H16N6O6/c1-19-13-6-4-11(5-7-13)17(24)28-16-9-15(29-20-23(27)21(2)3)12(10-18)8-14(16)22(25)26/h4-9,19H,1-3H3/b23-20-. The summed E-state index contributed by atoms with van der Waals surface area (Å²) in [6.07, 6.45) is 0. The van der Waals surface area contributed by atoms with E-state index in [0.29, 0.717) is 0 Å². The zero-order valence-electron chi connectivity index (χ0n) is 15.6. The van der Waals surface area contributed by atoms with Crippen LogP contribution in [0.3, 0.4) is 0 Å². The van der Waals surface area contributed by atoms with Gasteiger partial charge in [0.25, 0.3) is 0 Å². The number of nitrogens with zero attached hydrogens (tertiary/aromatic N) is 5. The maximum absolute atomic E-state index is 12.4. The van der Waals surface area contributed by atoms with E-state index in [4.69, 9.17) is 9.57 Å². The molecule has 0 aliphatic rings. The Balaban J connectivity index is 2.41. The van der Waals surface area contributed by atoms with Crippen molar-refractivity contribution in [3.8, 4) is 17.6 Å². The number of nitro benzene ring substituents is 1. The molecule has 2 aromatic rings. The fourth-order valence-electron chi connectivity index (χ4n) is 2.02. The number of carbonyl (C=O) groups is 1. The second kappa shape index (κ2) is 9.00. The summed E-state index contributed by atoms with van der Waals surface area (Å²) < 4.78 is 5.13. The van der Waals surface area contributed by atoms with Gasteiger partial charge in [0.05, 0.1) is 29.6 Å². The Morgan fingerprint density at radius 3 is 2.38 bits per heavy atom. The molecule has 12 nitrogen and oxygen atoms in total. The number of esters is 1. The van der Waals surface area contributed by atoms with Crippen LogP contribution in [0, 0.1) is 26.7 Å². The van der Waals surface area contributed by atoms with Crippen molar-refractivity contribution >= 4 is 17.3 Å². The molecule has 0 fully saturated rings. The number of anilines is 1. The van der Waals surface area contributed by atoms with Crippen molar-refractivity contribution in [3.05, 3.63) is 62.8 Å². The second-order valence-corrected chi connectivity index (χ2v) is 5.67. The molecule has 0 unspecified atom stereocenters. The van der Waals surface area contributed by atoms with Gasteiger partial charge in [-0.2, -0.15) is 10.3 Å². The van der Waals surface area contributed by atoms with E-state index in [1.165, 1.54) is 26.2 Å². The van der Waals surface area contributed by atoms with E-state index in [-0.39, 0.29) is 21.8 Å². The Morgan fingerprint density at radius 2 is 1.86 bits per heavy atom. The van der Waals surface area contributed by atoms with Crippen molar-refractivity contribution in [1.82, 2.24) is 5.01 Å². The van der Waals surface area contributed by atoms with E-state index < -0.39 is 22.3 Å². The number of hydrogen-bond acceptors (Lipinski definition) is 9. The predicted octanol–water partition coefficient (Wildman–Crippen LogP) is 2.46. The molecule has 0 heterocycles. The van der Waals surface area contributed by atoms with Crippen LogP contribution in [-0.2, 0) is 0 Å². The normalized spacial score (nSPS) is 10.6. The molecule has 0 radical (unpaired) electrons. The highest BCUT2D eigenvalue weighted by molar-refractivity contribution is 5.92. The van der Waals surface area contributed by atoms with Crippen molar-refractivity contribution in [1.29, 1.82) is 5.26 Å². The molecule has 2 rings (SSSR count). The number of ether oxygens (including phenoxy) is 1. The minimum absolute atomic E-state index is 0.0809. The van der Waals surface area contributed by atoms with Crippen molar-refractivity contribution in [2.24, 2.45) is 5.28 Å². The first-order valence-corrected chi connectivity index (χ1v) is 8.01. The largest absolute Gasteiger partial charge is 0.569 e. The third-order valence-corrected chi connectivity index (χ3v) is 3.54. The van der Waals surface area contributed by atoms with Gasteiger partial charge >= 0.3 is 11.7 Å². The molecule has 0 aliphatic carbocycles. The molecule has 0 aliphatic heterocycles. The lowest BCUT2D eigenvalue weighted by atomic mass is 10.1. The van der Waals surface area contributed by atoms with Gasteiger partial charge < -0.3 is 20.1 Å². The van der Waals surface area contributed by atoms with Gasteiger partial charge in [0.1, 0.15) is 11.6 Å². The number of rotatable bonds is 7. The molecule has 1 N–H and O–H groups in total. The van der Waals surface area contributed by atoms with Gasteiger partial charge in [-0.25, -0.2) is 4.79 Å². The molecule has 12 heteroatoms. The smallest absolute Gasteiger partial charge is 0.343 e. The van der Waals surface area contributed by atoms with Crippen LogP contribution in [-0.4, -0.2) is 42.0 Å². The summed E-state index contributed by atoms with van der Waals surface area (Å²) in [6, 6.07) is 9.71. The highest BCUT2D eigenvalue weighted by Crippen LogP contribution is 2.35. The number of nitro groups is 1. The molecule has 0 spiro atoms. The van der Waals surface area contributed by atoms with Crippen LogP contribution in [0.15, 0.2) is 41.7 Å². The van der Waals surface area contributed by atoms with Gasteiger partial charge in [-0.05, 0) is 24.3 Å². The van der Waals surface area contributed by atoms with Crippen LogP contribution in [0.1, 0.15) is 15.9 Å². The number of nitrogens with one attached hydrogen (secondary N) is 1. The van der Waals surface area contributed by atoms with Gasteiger partial charge in [0, 0.05) is 24.9 Å². The zero-order valence-corrected chi connectivity index (χ0v) is 15.6. The number of hydrazine groups is 1.